The summed E-state index contributed by atoms with van der Waals surface area (Å²) in [7, 11) is 0. The van der Waals surface area contributed by atoms with Gasteiger partial charge in [-0.3, -0.25) is 9.59 Å². The van der Waals surface area contributed by atoms with E-state index in [1.807, 2.05) is 24.3 Å². The van der Waals surface area contributed by atoms with Crippen LogP contribution >= 0.6 is 11.8 Å². The molecule has 0 radical (unpaired) electrons. The minimum atomic E-state index is -0.219. The summed E-state index contributed by atoms with van der Waals surface area (Å²) in [4.78, 5) is 26.7. The molecule has 5 rings (SSSR count). The highest BCUT2D eigenvalue weighted by atomic mass is 32.2. The van der Waals surface area contributed by atoms with Gasteiger partial charge in [-0.2, -0.15) is 0 Å². The first-order chi connectivity index (χ1) is 14.7. The number of nitrogens with zero attached hydrogens (tertiary/aromatic N) is 1. The first-order valence-corrected chi connectivity index (χ1v) is 10.5. The molecule has 7 nitrogen and oxygen atoms in total. The van der Waals surface area contributed by atoms with Gasteiger partial charge in [0.15, 0.2) is 11.5 Å². The molecule has 8 heteroatoms. The van der Waals surface area contributed by atoms with E-state index in [1.165, 1.54) is 0 Å². The van der Waals surface area contributed by atoms with Crippen LogP contribution in [0, 0.1) is 0 Å². The van der Waals surface area contributed by atoms with Crippen molar-refractivity contribution in [1.82, 2.24) is 4.90 Å². The normalized spacial score (nSPS) is 17.4. The van der Waals surface area contributed by atoms with Crippen LogP contribution in [0.3, 0.4) is 0 Å². The summed E-state index contributed by atoms with van der Waals surface area (Å²) in [6.07, 6.45) is 1.60. The summed E-state index contributed by atoms with van der Waals surface area (Å²) in [5, 5.41) is 2.76. The van der Waals surface area contributed by atoms with Crippen molar-refractivity contribution in [3.05, 3.63) is 77.7 Å². The minimum absolute atomic E-state index is 0.0750. The number of rotatable bonds is 5. The summed E-state index contributed by atoms with van der Waals surface area (Å²) in [5.74, 6) is 2.31. The maximum atomic E-state index is 12.6. The number of hydrogen-bond acceptors (Lipinski definition) is 6. The Morgan fingerprint density at radius 1 is 1.10 bits per heavy atom. The SMILES string of the molecule is O=C(Nc1ccc2c(c1)OCO2)c1ccc([C@@H]2SCC(=O)N2Cc2ccco2)cc1. The van der Waals surface area contributed by atoms with Crippen molar-refractivity contribution in [1.29, 1.82) is 0 Å². The van der Waals surface area contributed by atoms with E-state index in [0.29, 0.717) is 35.0 Å². The number of anilines is 1. The number of hydrogen-bond donors (Lipinski definition) is 1. The third-order valence-electron chi connectivity index (χ3n) is 4.96. The molecule has 1 atom stereocenters. The quantitative estimate of drug-likeness (QED) is 0.669. The van der Waals surface area contributed by atoms with Crippen molar-refractivity contribution in [3.8, 4) is 11.5 Å². The molecule has 1 saturated heterocycles. The number of thioether (sulfide) groups is 1. The fraction of sp³-hybridized carbons (Fsp3) is 0.182. The smallest absolute Gasteiger partial charge is 0.255 e. The maximum Gasteiger partial charge on any atom is 0.255 e. The Hall–Kier alpha value is -3.39. The molecule has 2 aromatic carbocycles. The number of benzene rings is 2. The molecular formula is C22H18N2O5S. The number of nitrogens with one attached hydrogen (secondary N) is 1. The van der Waals surface area contributed by atoms with Crippen LogP contribution in [0.1, 0.15) is 27.1 Å². The zero-order valence-electron chi connectivity index (χ0n) is 15.9. The standard InChI is InChI=1S/C22H18N2O5S/c25-20-12-30-22(24(20)11-17-2-1-9-27-17)15-5-3-14(4-6-15)21(26)23-16-7-8-18-19(10-16)29-13-28-18/h1-10,22H,11-13H2,(H,23,26)/t22-/m0/s1. The van der Waals surface area contributed by atoms with Crippen molar-refractivity contribution >= 4 is 29.3 Å². The van der Waals surface area contributed by atoms with Gasteiger partial charge in [0.05, 0.1) is 18.6 Å². The highest BCUT2D eigenvalue weighted by Crippen LogP contribution is 2.39. The minimum Gasteiger partial charge on any atom is -0.467 e. The van der Waals surface area contributed by atoms with Gasteiger partial charge >= 0.3 is 0 Å². The van der Waals surface area contributed by atoms with Crippen LogP contribution < -0.4 is 14.8 Å². The van der Waals surface area contributed by atoms with Crippen molar-refractivity contribution in [2.75, 3.05) is 17.9 Å². The second-order valence-corrected chi connectivity index (χ2v) is 7.98. The Kier molecular flexibility index (Phi) is 4.84. The predicted molar refractivity (Wildman–Crippen MR) is 111 cm³/mol. The Bertz CT molecular complexity index is 1080. The Morgan fingerprint density at radius 2 is 1.93 bits per heavy atom. The molecule has 1 aromatic heterocycles. The summed E-state index contributed by atoms with van der Waals surface area (Å²) in [6, 6.07) is 16.3. The maximum absolute atomic E-state index is 12.6. The van der Waals surface area contributed by atoms with Crippen LogP contribution in [-0.4, -0.2) is 29.3 Å². The van der Waals surface area contributed by atoms with Crippen LogP contribution in [0.15, 0.2) is 65.3 Å². The van der Waals surface area contributed by atoms with Gasteiger partial charge in [-0.15, -0.1) is 11.8 Å². The molecule has 0 bridgehead atoms. The zero-order chi connectivity index (χ0) is 20.5. The molecule has 30 heavy (non-hydrogen) atoms. The van der Waals surface area contributed by atoms with Crippen LogP contribution in [0.4, 0.5) is 5.69 Å². The van der Waals surface area contributed by atoms with Crippen molar-refractivity contribution < 1.29 is 23.5 Å². The van der Waals surface area contributed by atoms with Gasteiger partial charge in [-0.05, 0) is 42.0 Å². The third-order valence-corrected chi connectivity index (χ3v) is 6.22. The molecule has 0 unspecified atom stereocenters. The van der Waals surface area contributed by atoms with Gasteiger partial charge in [0.1, 0.15) is 11.1 Å². The van der Waals surface area contributed by atoms with E-state index in [0.717, 1.165) is 11.3 Å². The van der Waals surface area contributed by atoms with Crippen LogP contribution in [-0.2, 0) is 11.3 Å². The lowest BCUT2D eigenvalue weighted by atomic mass is 10.1. The molecule has 1 fully saturated rings. The van der Waals surface area contributed by atoms with Gasteiger partial charge in [-0.25, -0.2) is 0 Å². The van der Waals surface area contributed by atoms with E-state index in [9.17, 15) is 9.59 Å². The van der Waals surface area contributed by atoms with E-state index < -0.39 is 0 Å². The second-order valence-electron chi connectivity index (χ2n) is 6.91. The predicted octanol–water partition coefficient (Wildman–Crippen LogP) is 4.03. The number of fused-ring (bicyclic) bond motifs is 1. The fourth-order valence-corrected chi connectivity index (χ4v) is 4.64. The van der Waals surface area contributed by atoms with E-state index in [-0.39, 0.29) is 24.0 Å². The molecule has 0 aliphatic carbocycles. The number of furan rings is 1. The van der Waals surface area contributed by atoms with E-state index in [2.05, 4.69) is 5.32 Å². The summed E-state index contributed by atoms with van der Waals surface area (Å²) in [5.41, 5.74) is 2.13. The first kappa shape index (κ1) is 18.6. The number of carbonyl (C=O) groups is 2. The molecule has 3 heterocycles. The third kappa shape index (κ3) is 3.61. The van der Waals surface area contributed by atoms with Gasteiger partial charge < -0.3 is 24.1 Å². The molecule has 152 valence electrons. The Morgan fingerprint density at radius 3 is 2.73 bits per heavy atom. The fourth-order valence-electron chi connectivity index (χ4n) is 3.45. The Balaban J connectivity index is 1.29. The van der Waals surface area contributed by atoms with Gasteiger partial charge in [-0.1, -0.05) is 12.1 Å². The molecular weight excluding hydrogens is 404 g/mol. The number of ether oxygens (including phenoxy) is 2. The van der Waals surface area contributed by atoms with Gasteiger partial charge in [0.2, 0.25) is 12.7 Å². The number of carbonyl (C=O) groups excluding carboxylic acids is 2. The molecule has 2 aliphatic heterocycles. The highest BCUT2D eigenvalue weighted by molar-refractivity contribution is 8.00. The van der Waals surface area contributed by atoms with E-state index in [4.69, 9.17) is 13.9 Å². The largest absolute Gasteiger partial charge is 0.467 e. The summed E-state index contributed by atoms with van der Waals surface area (Å²) in [6.45, 7) is 0.614. The van der Waals surface area contributed by atoms with Gasteiger partial charge in [0, 0.05) is 17.3 Å². The van der Waals surface area contributed by atoms with Crippen molar-refractivity contribution in [2.45, 2.75) is 11.9 Å². The molecule has 1 N–H and O–H groups in total. The molecule has 2 aliphatic rings. The second kappa shape index (κ2) is 7.79. The topological polar surface area (TPSA) is 81.0 Å². The van der Waals surface area contributed by atoms with Crippen molar-refractivity contribution in [2.24, 2.45) is 0 Å². The number of amides is 2. The molecule has 0 saturated carbocycles. The lowest BCUT2D eigenvalue weighted by molar-refractivity contribution is -0.128. The highest BCUT2D eigenvalue weighted by Gasteiger charge is 2.33. The monoisotopic (exact) mass is 422 g/mol. The van der Waals surface area contributed by atoms with Crippen LogP contribution in [0.5, 0.6) is 11.5 Å². The zero-order valence-corrected chi connectivity index (χ0v) is 16.7. The Labute approximate surface area is 177 Å². The van der Waals surface area contributed by atoms with E-state index >= 15 is 0 Å². The molecule has 2 amide bonds. The molecule has 3 aromatic rings. The lowest BCUT2D eigenvalue weighted by Gasteiger charge is -2.23. The van der Waals surface area contributed by atoms with Crippen LogP contribution in [0.25, 0.3) is 0 Å². The average molecular weight is 422 g/mol. The van der Waals surface area contributed by atoms with Crippen molar-refractivity contribution in [3.63, 3.8) is 0 Å². The summed E-state index contributed by atoms with van der Waals surface area (Å²) < 4.78 is 16.0. The summed E-state index contributed by atoms with van der Waals surface area (Å²) >= 11 is 1.57. The molecule has 0 spiro atoms. The average Bonchev–Trinajstić information content (AvgIpc) is 3.51. The first-order valence-electron chi connectivity index (χ1n) is 9.42. The lowest BCUT2D eigenvalue weighted by Crippen LogP contribution is -2.27. The van der Waals surface area contributed by atoms with Gasteiger partial charge in [0.25, 0.3) is 5.91 Å². The van der Waals surface area contributed by atoms with E-state index in [1.54, 1.807) is 53.3 Å². The van der Waals surface area contributed by atoms with Crippen LogP contribution in [0.2, 0.25) is 0 Å².